The summed E-state index contributed by atoms with van der Waals surface area (Å²) in [5.41, 5.74) is 0. The summed E-state index contributed by atoms with van der Waals surface area (Å²) in [7, 11) is -39.4. The van der Waals surface area contributed by atoms with E-state index in [1.807, 2.05) is 0 Å². The van der Waals surface area contributed by atoms with Crippen LogP contribution in [0, 0.1) is 0 Å². The Morgan fingerprint density at radius 3 is 0.545 bits per heavy atom. The first-order valence-corrected chi connectivity index (χ1v) is 13.1. The zero-order chi connectivity index (χ0) is 20.5. The zero-order valence-corrected chi connectivity index (χ0v) is 39.8. The van der Waals surface area contributed by atoms with Gasteiger partial charge in [0.05, 0.1) is 15.6 Å². The molecule has 0 spiro atoms. The van der Waals surface area contributed by atoms with Crippen LogP contribution in [0.2, 0.25) is 0 Å². The topological polar surface area (TPSA) is 333 Å². The van der Waals surface area contributed by atoms with Gasteiger partial charge in [-0.3, -0.25) is 26.9 Å². The van der Waals surface area contributed by atoms with Crippen molar-refractivity contribution in [3.63, 3.8) is 0 Å². The van der Waals surface area contributed by atoms with E-state index in [1.165, 1.54) is 0 Å². The van der Waals surface area contributed by atoms with Gasteiger partial charge in [0.25, 0.3) is 31.3 Å². The summed E-state index contributed by atoms with van der Waals surface area (Å²) in [6, 6.07) is 0. The van der Waals surface area contributed by atoms with Gasteiger partial charge in [-0.05, 0) is 0 Å². The predicted molar refractivity (Wildman–Crippen MR) is 51.1 cm³/mol. The van der Waals surface area contributed by atoms with E-state index in [0.29, 0.717) is 0 Å². The third-order valence-corrected chi connectivity index (χ3v) is 9.00. The maximum Gasteiger partial charge on any atom is 1.00 e. The molecule has 0 saturated heterocycles. The molecule has 4 unspecified atom stereocenters. The molecule has 0 saturated carbocycles. The second-order valence-electron chi connectivity index (χ2n) is 3.09. The number of hydrogen-bond donors (Lipinski definition) is 0. The molecule has 0 bridgehead atoms. The minimum Gasteiger partial charge on any atom is -0.790 e. The molecular formula is Na8O19P6. The third-order valence-electron chi connectivity index (χ3n) is 1.000. The fourth-order valence-corrected chi connectivity index (χ4v) is 7.12. The van der Waals surface area contributed by atoms with E-state index in [-0.39, 0.29) is 236 Å². The Hall–Kier alpha value is 8.86. The molecule has 0 aromatic carbocycles. The molecule has 0 aliphatic heterocycles. The van der Waals surface area contributed by atoms with Gasteiger partial charge in [-0.25, -0.2) is 12.9 Å². The largest absolute Gasteiger partial charge is 1.00 e. The molecule has 0 rings (SSSR count). The molecule has 0 aliphatic rings. The van der Waals surface area contributed by atoms with Crippen molar-refractivity contribution < 1.29 is 325 Å². The summed E-state index contributed by atoms with van der Waals surface area (Å²) in [4.78, 5) is 83.1. The first-order valence-electron chi connectivity index (χ1n) is 4.38. The SMILES string of the molecule is O=P([O-])([O-])OP(=O)([O-])OP(=O)([O-])OP(=O)([O-])OP(=O)([O-])OP(=O)([O-])[O-].[Na+].[Na+].[Na+].[Na+].[Na+].[Na+].[Na+].[Na+]. The molecule has 152 valence electrons. The van der Waals surface area contributed by atoms with Crippen LogP contribution < -0.4 is 276 Å². The Kier molecular flexibility index (Phi) is 51.2. The van der Waals surface area contributed by atoms with E-state index in [0.717, 1.165) is 0 Å². The van der Waals surface area contributed by atoms with Gasteiger partial charge < -0.3 is 48.3 Å². The maximum atomic E-state index is 10.9. The van der Waals surface area contributed by atoms with Crippen molar-refractivity contribution in [2.45, 2.75) is 0 Å². The molecule has 0 radical (unpaired) electrons. The van der Waals surface area contributed by atoms with Gasteiger partial charge >= 0.3 is 236 Å². The maximum absolute atomic E-state index is 10.9. The van der Waals surface area contributed by atoms with Crippen molar-refractivity contribution in [2.75, 3.05) is 0 Å². The van der Waals surface area contributed by atoms with Crippen LogP contribution in [0.4, 0.5) is 0 Å². The van der Waals surface area contributed by atoms with Crippen LogP contribution in [-0.4, -0.2) is 0 Å². The second kappa shape index (κ2) is 26.1. The smallest absolute Gasteiger partial charge is 0.790 e. The molecule has 33 heavy (non-hydrogen) atoms. The molecular weight excluding hydrogens is 674 g/mol. The molecule has 0 N–H and O–H groups in total. The van der Waals surface area contributed by atoms with Gasteiger partial charge in [0, 0.05) is 0 Å². The van der Waals surface area contributed by atoms with Gasteiger partial charge in [0.1, 0.15) is 0 Å². The average molecular weight is 674 g/mol. The zero-order valence-electron chi connectivity index (χ0n) is 18.4. The van der Waals surface area contributed by atoms with Crippen LogP contribution >= 0.6 is 46.9 Å². The van der Waals surface area contributed by atoms with Gasteiger partial charge in [-0.2, -0.15) is 0 Å². The molecule has 0 aliphatic carbocycles. The van der Waals surface area contributed by atoms with Gasteiger partial charge in [0.15, 0.2) is 0 Å². The van der Waals surface area contributed by atoms with Crippen molar-refractivity contribution in [1.82, 2.24) is 0 Å². The number of rotatable bonds is 10. The molecule has 19 nitrogen and oxygen atoms in total. The summed E-state index contributed by atoms with van der Waals surface area (Å²) in [5, 5.41) is 0. The van der Waals surface area contributed by atoms with Gasteiger partial charge in [-0.1, -0.05) is 0 Å². The van der Waals surface area contributed by atoms with Crippen molar-refractivity contribution in [3.05, 3.63) is 0 Å². The third kappa shape index (κ3) is 40.9. The van der Waals surface area contributed by atoms with Crippen molar-refractivity contribution in [3.8, 4) is 0 Å². The average Bonchev–Trinajstić information content (AvgIpc) is 1.97. The van der Waals surface area contributed by atoms with Crippen LogP contribution in [0.3, 0.4) is 0 Å². The molecule has 0 aromatic heterocycles. The van der Waals surface area contributed by atoms with E-state index < -0.39 is 46.9 Å². The molecule has 4 atom stereocenters. The summed E-state index contributed by atoms with van der Waals surface area (Å²) >= 11 is 0. The molecule has 0 heterocycles. The first kappa shape index (κ1) is 64.7. The van der Waals surface area contributed by atoms with E-state index in [2.05, 4.69) is 21.6 Å². The van der Waals surface area contributed by atoms with E-state index in [4.69, 9.17) is 0 Å². The standard InChI is InChI=1S/8Na.H8O19P6/c;;;;;;;;1-20(2,3)15-22(7,8)17-24(11,12)19-25(13,14)18-23(9,10)16-21(4,5)6/h;;;;;;;;(H,7,8)(H,9,10)(H,11,12)(H,13,14)(H2,1,2,3)(H2,4,5,6)/q8*+1;/p-8. The minimum absolute atomic E-state index is 0. The number of phosphoric acid groups is 6. The number of hydrogen-bond acceptors (Lipinski definition) is 19. The van der Waals surface area contributed by atoms with Crippen LogP contribution in [0.15, 0.2) is 0 Å². The fourth-order valence-electron chi connectivity index (χ4n) is 0.672. The summed E-state index contributed by atoms with van der Waals surface area (Å²) < 4.78 is 76.7. The van der Waals surface area contributed by atoms with Crippen molar-refractivity contribution >= 4 is 46.9 Å². The van der Waals surface area contributed by atoms with E-state index >= 15 is 0 Å². The Balaban J connectivity index is -0.000000103. The van der Waals surface area contributed by atoms with Gasteiger partial charge in [-0.15, -0.1) is 0 Å². The summed E-state index contributed by atoms with van der Waals surface area (Å²) in [6.07, 6.45) is 0. The van der Waals surface area contributed by atoms with Crippen LogP contribution in [0.1, 0.15) is 0 Å². The summed E-state index contributed by atoms with van der Waals surface area (Å²) in [6.45, 7) is 0. The van der Waals surface area contributed by atoms with Crippen molar-refractivity contribution in [2.24, 2.45) is 0 Å². The first-order chi connectivity index (χ1) is 10.5. The molecule has 0 aromatic rings. The van der Waals surface area contributed by atoms with Crippen LogP contribution in [-0.2, 0) is 48.9 Å². The minimum atomic E-state index is -6.75. The molecule has 0 amide bonds. The van der Waals surface area contributed by atoms with Gasteiger partial charge in [0.2, 0.25) is 0 Å². The Morgan fingerprint density at radius 2 is 0.424 bits per heavy atom. The quantitative estimate of drug-likeness (QED) is 0.153. The second-order valence-corrected chi connectivity index (χ2v) is 11.7. The molecule has 0 fully saturated rings. The monoisotopic (exact) mass is 674 g/mol. The van der Waals surface area contributed by atoms with E-state index in [9.17, 15) is 66.5 Å². The molecule has 33 heteroatoms. The van der Waals surface area contributed by atoms with Crippen LogP contribution in [0.5, 0.6) is 0 Å². The van der Waals surface area contributed by atoms with E-state index in [1.54, 1.807) is 0 Å². The fraction of sp³-hybridized carbons (Fsp3) is 0. The normalized spacial score (nSPS) is 17.5. The van der Waals surface area contributed by atoms with Crippen LogP contribution in [0.25, 0.3) is 0 Å². The Morgan fingerprint density at radius 1 is 0.303 bits per heavy atom. The summed E-state index contributed by atoms with van der Waals surface area (Å²) in [5.74, 6) is 0. The Labute approximate surface area is 363 Å². The van der Waals surface area contributed by atoms with Crippen molar-refractivity contribution in [1.29, 1.82) is 0 Å². The predicted octanol–water partition coefficient (Wildman–Crippen LogP) is -29.4. The Bertz CT molecular complexity index is 717.